The fraction of sp³-hybridized carbons (Fsp3) is 0.632. The SMILES string of the molecule is CSCC[C@H](NC(=O)[C@H](CC(C)C)NC(=O)[C@@H](N)CCSC)C(=O)N1CCC[C@H]1C(=O)N[C@@H](CCC(N)=O)C(=O)N1CCC[C@H]1C(=O)N[C@@H](C)C(=O)N[C@@H](Cc1cnc[nH]1)C(=O)N[C@@H](Cc1cnc[nH]1)C(=O)N[C@@H](CC(N)=O)C(=O)N[C@@H](CC(N)=O)C(=O)N[C@@H](CO)C(=O)O. The number of likely N-dealkylation sites (tertiary alicyclic amines) is 2. The minimum Gasteiger partial charge on any atom is -0.480 e. The van der Waals surface area contributed by atoms with E-state index in [0.29, 0.717) is 30.0 Å². The van der Waals surface area contributed by atoms with E-state index in [1.165, 1.54) is 65.3 Å². The van der Waals surface area contributed by atoms with Crippen LogP contribution in [0.5, 0.6) is 0 Å². The molecule has 2 fully saturated rings. The van der Waals surface area contributed by atoms with Crippen LogP contribution >= 0.6 is 23.5 Å². The number of hydrogen-bond donors (Lipinski definition) is 17. The van der Waals surface area contributed by atoms with Crippen LogP contribution in [-0.4, -0.2) is 245 Å². The Hall–Kier alpha value is -8.91. The first-order valence-electron chi connectivity index (χ1n) is 30.7. The summed E-state index contributed by atoms with van der Waals surface area (Å²) in [6, 6.07) is -17.2. The van der Waals surface area contributed by atoms with Crippen molar-refractivity contribution in [2.24, 2.45) is 28.9 Å². The summed E-state index contributed by atoms with van der Waals surface area (Å²) in [5, 5.41) is 40.9. The van der Waals surface area contributed by atoms with Gasteiger partial charge in [-0.3, -0.25) is 67.1 Å². The molecule has 2 aliphatic rings. The molecule has 12 atom stereocenters. The number of carboxylic acid groups (broad SMARTS) is 1. The van der Waals surface area contributed by atoms with E-state index in [2.05, 4.69) is 62.5 Å². The number of nitrogens with two attached hydrogens (primary N) is 4. The molecule has 21 N–H and O–H groups in total. The van der Waals surface area contributed by atoms with Gasteiger partial charge in [0.1, 0.15) is 66.5 Å². The van der Waals surface area contributed by atoms with Crippen LogP contribution in [0.3, 0.4) is 0 Å². The predicted molar refractivity (Wildman–Crippen MR) is 341 cm³/mol. The Morgan fingerprint density at radius 3 is 1.38 bits per heavy atom. The molecule has 0 saturated carbocycles. The normalized spacial score (nSPS) is 17.6. The first kappa shape index (κ1) is 78.5. The first-order valence-corrected chi connectivity index (χ1v) is 33.5. The number of primary amides is 3. The fourth-order valence-electron chi connectivity index (χ4n) is 10.4. The number of amides is 14. The zero-order valence-corrected chi connectivity index (χ0v) is 55.1. The first-order chi connectivity index (χ1) is 45.0. The minimum absolute atomic E-state index is 0.00561. The second kappa shape index (κ2) is 39.1. The van der Waals surface area contributed by atoms with E-state index < -0.39 is 181 Å². The zero-order chi connectivity index (χ0) is 70.6. The Morgan fingerprint density at radius 1 is 0.537 bits per heavy atom. The summed E-state index contributed by atoms with van der Waals surface area (Å²) in [5.74, 6) is -13.6. The maximum atomic E-state index is 14.6. The van der Waals surface area contributed by atoms with Crippen LogP contribution in [0, 0.1) is 5.92 Å². The third-order valence-electron chi connectivity index (χ3n) is 15.4. The number of nitrogens with one attached hydrogen (secondary N) is 11. The Labute approximate surface area is 555 Å². The summed E-state index contributed by atoms with van der Waals surface area (Å²) in [4.78, 5) is 218. The fourth-order valence-corrected chi connectivity index (χ4v) is 11.3. The number of carbonyl (C=O) groups is 15. The number of H-pyrrole nitrogens is 2. The van der Waals surface area contributed by atoms with Gasteiger partial charge >= 0.3 is 5.97 Å². The lowest BCUT2D eigenvalue weighted by Crippen LogP contribution is -2.61. The van der Waals surface area contributed by atoms with E-state index in [1.54, 1.807) is 0 Å². The minimum atomic E-state index is -1.93. The van der Waals surface area contributed by atoms with E-state index in [-0.39, 0.29) is 82.5 Å². The molecule has 14 amide bonds. The molecule has 0 radical (unpaired) electrons. The van der Waals surface area contributed by atoms with Crippen LogP contribution in [0.25, 0.3) is 0 Å². The average Bonchev–Trinajstić information content (AvgIpc) is 1.77. The van der Waals surface area contributed by atoms with E-state index in [0.717, 1.165) is 0 Å². The zero-order valence-electron chi connectivity index (χ0n) is 53.5. The molecule has 0 unspecified atom stereocenters. The number of aliphatic carboxylic acids is 1. The number of hydrogen-bond acceptors (Lipinski definition) is 21. The monoisotopic (exact) mass is 1380 g/mol. The molecule has 526 valence electrons. The molecule has 0 aromatic carbocycles. The molecule has 2 aliphatic heterocycles. The molecule has 95 heavy (non-hydrogen) atoms. The summed E-state index contributed by atoms with van der Waals surface area (Å²) < 4.78 is 0. The standard InChI is InChI=1S/C57H89N19O17S2/c1-28(2)18-35(70-47(82)32(58)12-16-94-4)48(83)67-34(13-17-95-5)56(91)76-15-7-9-42(76)54(89)68-33(10-11-43(59)78)55(90)75-14-6-8-41(75)53(88)66-29(3)46(81)69-36(19-30-23-62-26-64-30)49(84)71-37(20-31-24-63-27-65-31)50(85)72-38(21-44(60)79)51(86)73-39(22-45(61)80)52(87)74-40(25-77)57(92)93/h23-24,26-29,32-42,77H,6-22,25,58H2,1-5H3,(H2,59,78)(H2,60,79)(H2,61,80)(H,62,64)(H,63,65)(H,66,88)(H,67,83)(H,68,89)(H,69,81)(H,70,82)(H,71,84)(H,72,85)(H,73,86)(H,74,87)(H,92,93)/t29-,32-,33-,34-,35-,36-,37-,38-,39-,40-,41-,42-/m0/s1. The van der Waals surface area contributed by atoms with Gasteiger partial charge in [0.05, 0.1) is 38.1 Å². The second-order valence-corrected chi connectivity index (χ2v) is 25.3. The van der Waals surface area contributed by atoms with Crippen molar-refractivity contribution in [1.29, 1.82) is 0 Å². The van der Waals surface area contributed by atoms with Crippen LogP contribution in [0.2, 0.25) is 0 Å². The lowest BCUT2D eigenvalue weighted by molar-refractivity contribution is -0.145. The molecule has 36 nitrogen and oxygen atoms in total. The van der Waals surface area contributed by atoms with Gasteiger partial charge in [0.2, 0.25) is 82.7 Å². The smallest absolute Gasteiger partial charge is 0.328 e. The number of rotatable bonds is 41. The lowest BCUT2D eigenvalue weighted by atomic mass is 10.0. The highest BCUT2D eigenvalue weighted by Gasteiger charge is 2.43. The van der Waals surface area contributed by atoms with Crippen LogP contribution in [-0.2, 0) is 84.8 Å². The van der Waals surface area contributed by atoms with Gasteiger partial charge in [-0.05, 0) is 88.2 Å². The summed E-state index contributed by atoms with van der Waals surface area (Å²) >= 11 is 2.94. The Bertz CT molecular complexity index is 3020. The number of aliphatic hydroxyl groups excluding tert-OH is 1. The summed E-state index contributed by atoms with van der Waals surface area (Å²) in [6.45, 7) is 4.03. The molecule has 0 spiro atoms. The molecule has 2 aromatic rings. The van der Waals surface area contributed by atoms with Gasteiger partial charge < -0.3 is 101 Å². The van der Waals surface area contributed by atoms with E-state index in [1.807, 2.05) is 31.7 Å². The largest absolute Gasteiger partial charge is 0.480 e. The van der Waals surface area contributed by atoms with Crippen LogP contribution in [0.4, 0.5) is 0 Å². The average molecular weight is 1380 g/mol. The van der Waals surface area contributed by atoms with Gasteiger partial charge in [0.25, 0.3) is 0 Å². The Kier molecular flexibility index (Phi) is 32.3. The Balaban J connectivity index is 1.52. The van der Waals surface area contributed by atoms with Gasteiger partial charge in [0, 0.05) is 56.1 Å². The van der Waals surface area contributed by atoms with Gasteiger partial charge in [-0.15, -0.1) is 0 Å². The number of thioether (sulfide) groups is 2. The van der Waals surface area contributed by atoms with Crippen molar-refractivity contribution >= 4 is 112 Å². The highest BCUT2D eigenvalue weighted by molar-refractivity contribution is 7.98. The summed E-state index contributed by atoms with van der Waals surface area (Å²) in [6.07, 6.45) is 7.27. The van der Waals surface area contributed by atoms with E-state index in [4.69, 9.17) is 22.9 Å². The van der Waals surface area contributed by atoms with Crippen molar-refractivity contribution < 1.29 is 82.1 Å². The van der Waals surface area contributed by atoms with Crippen molar-refractivity contribution in [3.8, 4) is 0 Å². The molecule has 2 aromatic heterocycles. The molecule has 2 saturated heterocycles. The third kappa shape index (κ3) is 25.4. The van der Waals surface area contributed by atoms with Gasteiger partial charge in [0.15, 0.2) is 0 Å². The number of carboxylic acids is 1. The number of carbonyl (C=O) groups excluding carboxylic acids is 14. The highest BCUT2D eigenvalue weighted by Crippen LogP contribution is 2.24. The van der Waals surface area contributed by atoms with Crippen LogP contribution in [0.1, 0.15) is 103 Å². The number of aliphatic hydroxyl groups is 1. The van der Waals surface area contributed by atoms with Crippen molar-refractivity contribution in [2.75, 3.05) is 43.7 Å². The summed E-state index contributed by atoms with van der Waals surface area (Å²) in [5.41, 5.74) is 22.8. The van der Waals surface area contributed by atoms with E-state index >= 15 is 0 Å². The molecule has 4 rings (SSSR count). The molecular weight excluding hydrogens is 1290 g/mol. The molecular formula is C57H89N19O17S2. The van der Waals surface area contributed by atoms with Gasteiger partial charge in [-0.25, -0.2) is 14.8 Å². The number of aromatic amines is 2. The maximum absolute atomic E-state index is 14.6. The van der Waals surface area contributed by atoms with Crippen molar-refractivity contribution in [3.63, 3.8) is 0 Å². The molecule has 0 aliphatic carbocycles. The number of imidazole rings is 2. The maximum Gasteiger partial charge on any atom is 0.328 e. The number of nitrogens with zero attached hydrogens (tertiary/aromatic N) is 4. The summed E-state index contributed by atoms with van der Waals surface area (Å²) in [7, 11) is 0. The quantitative estimate of drug-likeness (QED) is 0.0294. The third-order valence-corrected chi connectivity index (χ3v) is 16.6. The second-order valence-electron chi connectivity index (χ2n) is 23.3. The van der Waals surface area contributed by atoms with Crippen molar-refractivity contribution in [2.45, 2.75) is 177 Å². The van der Waals surface area contributed by atoms with Gasteiger partial charge in [-0.2, -0.15) is 23.5 Å². The molecule has 38 heteroatoms. The Morgan fingerprint density at radius 2 is 0.947 bits per heavy atom. The predicted octanol–water partition coefficient (Wildman–Crippen LogP) is -6.74. The highest BCUT2D eigenvalue weighted by atomic mass is 32.2. The number of aromatic nitrogens is 4. The van der Waals surface area contributed by atoms with E-state index in [9.17, 15) is 82.1 Å². The lowest BCUT2D eigenvalue weighted by Gasteiger charge is -2.32. The van der Waals surface area contributed by atoms with Gasteiger partial charge in [-0.1, -0.05) is 13.8 Å². The van der Waals surface area contributed by atoms with Crippen LogP contribution in [0.15, 0.2) is 25.0 Å². The van der Waals surface area contributed by atoms with Crippen molar-refractivity contribution in [3.05, 3.63) is 36.4 Å². The molecule has 0 bridgehead atoms. The molecule has 4 heterocycles. The topological polar surface area (TPSA) is 573 Å². The van der Waals surface area contributed by atoms with Crippen molar-refractivity contribution in [1.82, 2.24) is 77.6 Å². The van der Waals surface area contributed by atoms with Crippen LogP contribution < -0.4 is 70.8 Å².